The van der Waals surface area contributed by atoms with Crippen LogP contribution in [0.5, 0.6) is 0 Å². The molecule has 6 nitrogen and oxygen atoms in total. The fourth-order valence-corrected chi connectivity index (χ4v) is 1.27. The van der Waals surface area contributed by atoms with Gasteiger partial charge in [-0.2, -0.15) is 0 Å². The van der Waals surface area contributed by atoms with E-state index in [1.165, 1.54) is 0 Å². The number of hydrogen-bond acceptors (Lipinski definition) is 4. The van der Waals surface area contributed by atoms with Crippen LogP contribution in [-0.4, -0.2) is 37.5 Å². The molecule has 0 aliphatic heterocycles. The highest BCUT2D eigenvalue weighted by molar-refractivity contribution is 5.68. The number of ether oxygens (including phenoxy) is 2. The summed E-state index contributed by atoms with van der Waals surface area (Å²) in [5, 5.41) is 5.30. The zero-order valence-electron chi connectivity index (χ0n) is 12.3. The molecule has 19 heavy (non-hydrogen) atoms. The van der Waals surface area contributed by atoms with Crippen molar-refractivity contribution >= 4 is 12.2 Å². The normalized spacial score (nSPS) is 11.8. The van der Waals surface area contributed by atoms with Crippen molar-refractivity contribution in [1.82, 2.24) is 10.6 Å². The Kier molecular flexibility index (Phi) is 9.66. The molecular formula is C13H26N2O4. The van der Waals surface area contributed by atoms with Crippen LogP contribution in [0.3, 0.4) is 0 Å². The molecule has 2 N–H and O–H groups in total. The summed E-state index contributed by atoms with van der Waals surface area (Å²) in [5.74, 6) is 0. The van der Waals surface area contributed by atoms with E-state index >= 15 is 0 Å². The van der Waals surface area contributed by atoms with Gasteiger partial charge in [0.05, 0.1) is 12.1 Å². The van der Waals surface area contributed by atoms with Gasteiger partial charge in [-0.3, -0.25) is 0 Å². The summed E-state index contributed by atoms with van der Waals surface area (Å²) in [6.45, 7) is 8.25. The number of unbranched alkanes of at least 4 members (excludes halogenated alkanes) is 1. The Balaban J connectivity index is 3.86. The highest BCUT2D eigenvalue weighted by Crippen LogP contribution is 1.96. The van der Waals surface area contributed by atoms with Crippen LogP contribution in [0.15, 0.2) is 0 Å². The van der Waals surface area contributed by atoms with Gasteiger partial charge in [0.15, 0.2) is 0 Å². The van der Waals surface area contributed by atoms with Crippen LogP contribution in [0.1, 0.15) is 47.0 Å². The highest BCUT2D eigenvalue weighted by atomic mass is 16.6. The first-order chi connectivity index (χ1) is 8.99. The predicted octanol–water partition coefficient (Wildman–Crippen LogP) is 2.43. The van der Waals surface area contributed by atoms with Gasteiger partial charge in [0, 0.05) is 6.54 Å². The number of rotatable bonds is 8. The van der Waals surface area contributed by atoms with Gasteiger partial charge in [0.2, 0.25) is 0 Å². The lowest BCUT2D eigenvalue weighted by atomic mass is 10.2. The molecular weight excluding hydrogens is 248 g/mol. The van der Waals surface area contributed by atoms with Crippen LogP contribution >= 0.6 is 0 Å². The maximum absolute atomic E-state index is 11.4. The van der Waals surface area contributed by atoms with Gasteiger partial charge in [-0.05, 0) is 26.7 Å². The van der Waals surface area contributed by atoms with Crippen molar-refractivity contribution in [3.63, 3.8) is 0 Å². The second-order valence-electron chi connectivity index (χ2n) is 4.58. The van der Waals surface area contributed by atoms with Gasteiger partial charge < -0.3 is 20.1 Å². The molecule has 0 saturated carbocycles. The minimum Gasteiger partial charge on any atom is -0.447 e. The highest BCUT2D eigenvalue weighted by Gasteiger charge is 2.14. The van der Waals surface area contributed by atoms with Crippen molar-refractivity contribution < 1.29 is 19.1 Å². The lowest BCUT2D eigenvalue weighted by Crippen LogP contribution is -2.40. The van der Waals surface area contributed by atoms with Crippen LogP contribution < -0.4 is 10.6 Å². The topological polar surface area (TPSA) is 76.7 Å². The molecule has 0 bridgehead atoms. The fourth-order valence-electron chi connectivity index (χ4n) is 1.27. The summed E-state index contributed by atoms with van der Waals surface area (Å²) in [5.41, 5.74) is 0. The molecule has 112 valence electrons. The summed E-state index contributed by atoms with van der Waals surface area (Å²) in [4.78, 5) is 22.7. The molecule has 0 aromatic heterocycles. The largest absolute Gasteiger partial charge is 0.447 e. The number of nitrogens with one attached hydrogen (secondary N) is 2. The lowest BCUT2D eigenvalue weighted by molar-refractivity contribution is 0.0998. The van der Waals surface area contributed by atoms with Crippen molar-refractivity contribution in [2.24, 2.45) is 0 Å². The molecule has 0 unspecified atom stereocenters. The van der Waals surface area contributed by atoms with E-state index in [-0.39, 0.29) is 18.8 Å². The van der Waals surface area contributed by atoms with Crippen LogP contribution in [0.25, 0.3) is 0 Å². The van der Waals surface area contributed by atoms with E-state index in [1.807, 2.05) is 13.8 Å². The Morgan fingerprint density at radius 1 is 1.16 bits per heavy atom. The Morgan fingerprint density at radius 2 is 1.84 bits per heavy atom. The van der Waals surface area contributed by atoms with Crippen LogP contribution in [0.4, 0.5) is 9.59 Å². The van der Waals surface area contributed by atoms with Gasteiger partial charge in [0.25, 0.3) is 0 Å². The van der Waals surface area contributed by atoms with Crippen LogP contribution in [0, 0.1) is 0 Å². The fraction of sp³-hybridized carbons (Fsp3) is 0.846. The molecule has 0 saturated heterocycles. The molecule has 0 spiro atoms. The molecule has 1 atom stereocenters. The summed E-state index contributed by atoms with van der Waals surface area (Å²) in [6, 6.07) is -0.233. The van der Waals surface area contributed by atoms with E-state index in [2.05, 4.69) is 10.6 Å². The van der Waals surface area contributed by atoms with E-state index < -0.39 is 12.2 Å². The first-order valence-electron chi connectivity index (χ1n) is 6.87. The number of alkyl carbamates (subject to hydrolysis) is 2. The average molecular weight is 274 g/mol. The van der Waals surface area contributed by atoms with E-state index in [9.17, 15) is 9.59 Å². The Labute approximate surface area is 115 Å². The van der Waals surface area contributed by atoms with E-state index in [4.69, 9.17) is 9.47 Å². The van der Waals surface area contributed by atoms with Crippen molar-refractivity contribution in [2.45, 2.75) is 59.1 Å². The molecule has 0 aromatic rings. The lowest BCUT2D eigenvalue weighted by Gasteiger charge is -2.18. The molecule has 0 heterocycles. The molecule has 0 rings (SSSR count). The van der Waals surface area contributed by atoms with E-state index in [1.54, 1.807) is 13.8 Å². The third-order valence-electron chi connectivity index (χ3n) is 2.37. The third-order valence-corrected chi connectivity index (χ3v) is 2.37. The van der Waals surface area contributed by atoms with Gasteiger partial charge in [-0.25, -0.2) is 9.59 Å². The van der Waals surface area contributed by atoms with Crippen LogP contribution in [0.2, 0.25) is 0 Å². The molecule has 2 amide bonds. The molecule has 0 radical (unpaired) electrons. The second kappa shape index (κ2) is 10.5. The molecule has 0 aromatic carbocycles. The maximum Gasteiger partial charge on any atom is 0.407 e. The molecule has 0 aliphatic rings. The average Bonchev–Trinajstić information content (AvgIpc) is 2.33. The zero-order chi connectivity index (χ0) is 14.7. The monoisotopic (exact) mass is 274 g/mol. The SMILES string of the molecule is CCCCNC(=O)OC[C@H](CC)NC(=O)OC(C)C. The number of carbonyl (C=O) groups excluding carboxylic acids is 2. The standard InChI is InChI=1S/C13H26N2O4/c1-5-7-8-14-12(16)18-9-11(6-2)15-13(17)19-10(3)4/h10-11H,5-9H2,1-4H3,(H,14,16)(H,15,17)/t11-/m0/s1. The summed E-state index contributed by atoms with van der Waals surface area (Å²) in [6.07, 6.45) is 1.49. The molecule has 6 heteroatoms. The Morgan fingerprint density at radius 3 is 2.37 bits per heavy atom. The molecule has 0 fully saturated rings. The van der Waals surface area contributed by atoms with E-state index in [0.717, 1.165) is 12.8 Å². The van der Waals surface area contributed by atoms with Crippen molar-refractivity contribution in [3.05, 3.63) is 0 Å². The third kappa shape index (κ3) is 10.2. The van der Waals surface area contributed by atoms with Gasteiger partial charge in [-0.1, -0.05) is 20.3 Å². The van der Waals surface area contributed by atoms with Gasteiger partial charge >= 0.3 is 12.2 Å². The zero-order valence-corrected chi connectivity index (χ0v) is 12.3. The first kappa shape index (κ1) is 17.5. The first-order valence-corrected chi connectivity index (χ1v) is 6.87. The van der Waals surface area contributed by atoms with Gasteiger partial charge in [0.1, 0.15) is 6.61 Å². The van der Waals surface area contributed by atoms with Crippen molar-refractivity contribution in [2.75, 3.05) is 13.2 Å². The Hall–Kier alpha value is -1.46. The quantitative estimate of drug-likeness (QED) is 0.666. The number of hydrogen-bond donors (Lipinski definition) is 2. The Bertz CT molecular complexity index is 269. The van der Waals surface area contributed by atoms with Gasteiger partial charge in [-0.15, -0.1) is 0 Å². The van der Waals surface area contributed by atoms with Crippen molar-refractivity contribution in [3.8, 4) is 0 Å². The van der Waals surface area contributed by atoms with E-state index in [0.29, 0.717) is 13.0 Å². The number of carbonyl (C=O) groups is 2. The smallest absolute Gasteiger partial charge is 0.407 e. The summed E-state index contributed by atoms with van der Waals surface area (Å²) in [7, 11) is 0. The maximum atomic E-state index is 11.4. The summed E-state index contributed by atoms with van der Waals surface area (Å²) < 4.78 is 9.99. The second-order valence-corrected chi connectivity index (χ2v) is 4.58. The minimum atomic E-state index is -0.489. The minimum absolute atomic E-state index is 0.141. The summed E-state index contributed by atoms with van der Waals surface area (Å²) >= 11 is 0. The van der Waals surface area contributed by atoms with Crippen molar-refractivity contribution in [1.29, 1.82) is 0 Å². The molecule has 0 aliphatic carbocycles. The van der Waals surface area contributed by atoms with Crippen LogP contribution in [-0.2, 0) is 9.47 Å². The number of amides is 2. The predicted molar refractivity (Wildman–Crippen MR) is 73.1 cm³/mol.